The minimum absolute atomic E-state index is 0.0317. The van der Waals surface area contributed by atoms with Crippen LogP contribution in [-0.2, 0) is 11.2 Å². The van der Waals surface area contributed by atoms with Gasteiger partial charge in [0.05, 0.1) is 9.40 Å². The van der Waals surface area contributed by atoms with Crippen molar-refractivity contribution in [2.75, 3.05) is 0 Å². The lowest BCUT2D eigenvalue weighted by Crippen LogP contribution is -1.95. The molecule has 0 aliphatic carbocycles. The first-order valence-electron chi connectivity index (χ1n) is 3.62. The van der Waals surface area contributed by atoms with Crippen molar-refractivity contribution < 1.29 is 9.72 Å². The summed E-state index contributed by atoms with van der Waals surface area (Å²) in [5, 5.41) is 9.94. The van der Waals surface area contributed by atoms with Crippen LogP contribution in [0.4, 0.5) is 5.69 Å². The van der Waals surface area contributed by atoms with Crippen molar-refractivity contribution in [2.45, 2.75) is 6.42 Å². The SMILES string of the molecule is O=C(Cl)Cc1ccc([N+](=O)[O-])c(Br)c1. The topological polar surface area (TPSA) is 60.2 Å². The molecular weight excluding hydrogens is 273 g/mol. The van der Waals surface area contributed by atoms with Gasteiger partial charge in [-0.05, 0) is 39.2 Å². The van der Waals surface area contributed by atoms with Crippen LogP contribution in [0, 0.1) is 10.1 Å². The van der Waals surface area contributed by atoms with Crippen LogP contribution in [0.3, 0.4) is 0 Å². The van der Waals surface area contributed by atoms with Gasteiger partial charge in [-0.2, -0.15) is 0 Å². The summed E-state index contributed by atoms with van der Waals surface area (Å²) in [6, 6.07) is 4.35. The Morgan fingerprint density at radius 1 is 1.57 bits per heavy atom. The molecule has 1 aromatic carbocycles. The molecule has 6 heteroatoms. The lowest BCUT2D eigenvalue weighted by molar-refractivity contribution is -0.385. The molecule has 0 aliphatic heterocycles. The van der Waals surface area contributed by atoms with Crippen molar-refractivity contribution in [3.63, 3.8) is 0 Å². The van der Waals surface area contributed by atoms with Crippen LogP contribution in [0.2, 0.25) is 0 Å². The number of carbonyl (C=O) groups excluding carboxylic acids is 1. The molecule has 0 bridgehead atoms. The van der Waals surface area contributed by atoms with E-state index in [2.05, 4.69) is 15.9 Å². The summed E-state index contributed by atoms with van der Waals surface area (Å²) in [6.45, 7) is 0. The number of hydrogen-bond acceptors (Lipinski definition) is 3. The molecule has 14 heavy (non-hydrogen) atoms. The maximum Gasteiger partial charge on any atom is 0.283 e. The fraction of sp³-hybridized carbons (Fsp3) is 0.125. The zero-order valence-electron chi connectivity index (χ0n) is 6.87. The Balaban J connectivity index is 3.00. The van der Waals surface area contributed by atoms with E-state index in [-0.39, 0.29) is 12.1 Å². The third kappa shape index (κ3) is 2.78. The van der Waals surface area contributed by atoms with Gasteiger partial charge in [0.25, 0.3) is 5.69 Å². The predicted molar refractivity (Wildman–Crippen MR) is 55.4 cm³/mol. The second-order valence-corrected chi connectivity index (χ2v) is 3.85. The van der Waals surface area contributed by atoms with Gasteiger partial charge in [-0.25, -0.2) is 0 Å². The van der Waals surface area contributed by atoms with Crippen molar-refractivity contribution >= 4 is 38.5 Å². The zero-order chi connectivity index (χ0) is 10.7. The number of nitro groups is 1. The molecule has 0 N–H and O–H groups in total. The van der Waals surface area contributed by atoms with Crippen molar-refractivity contribution in [1.29, 1.82) is 0 Å². The lowest BCUT2D eigenvalue weighted by atomic mass is 10.1. The highest BCUT2D eigenvalue weighted by molar-refractivity contribution is 9.10. The Hall–Kier alpha value is -0.940. The summed E-state index contributed by atoms with van der Waals surface area (Å²) < 4.78 is 0.345. The summed E-state index contributed by atoms with van der Waals surface area (Å²) in [5.74, 6) is 0. The molecule has 4 nitrogen and oxygen atoms in total. The van der Waals surface area contributed by atoms with Gasteiger partial charge in [-0.3, -0.25) is 14.9 Å². The number of benzene rings is 1. The van der Waals surface area contributed by atoms with Gasteiger partial charge in [-0.15, -0.1) is 0 Å². The van der Waals surface area contributed by atoms with Gasteiger partial charge in [-0.1, -0.05) is 6.07 Å². The number of nitrogens with zero attached hydrogens (tertiary/aromatic N) is 1. The van der Waals surface area contributed by atoms with E-state index in [1.54, 1.807) is 0 Å². The molecule has 0 aliphatic rings. The van der Waals surface area contributed by atoms with E-state index in [0.29, 0.717) is 10.0 Å². The van der Waals surface area contributed by atoms with Crippen LogP contribution in [0.25, 0.3) is 0 Å². The second kappa shape index (κ2) is 4.52. The number of rotatable bonds is 3. The van der Waals surface area contributed by atoms with Crippen LogP contribution >= 0.6 is 27.5 Å². The minimum Gasteiger partial charge on any atom is -0.281 e. The van der Waals surface area contributed by atoms with E-state index >= 15 is 0 Å². The standard InChI is InChI=1S/C8H5BrClNO3/c9-6-3-5(4-8(10)12)1-2-7(6)11(13)14/h1-3H,4H2. The average Bonchev–Trinajstić information content (AvgIpc) is 2.01. The fourth-order valence-electron chi connectivity index (χ4n) is 0.969. The first kappa shape index (κ1) is 11.1. The van der Waals surface area contributed by atoms with Gasteiger partial charge < -0.3 is 0 Å². The number of hydrogen-bond donors (Lipinski definition) is 0. The fourth-order valence-corrected chi connectivity index (χ4v) is 1.69. The van der Waals surface area contributed by atoms with Crippen molar-refractivity contribution in [3.8, 4) is 0 Å². The molecule has 74 valence electrons. The first-order chi connectivity index (χ1) is 6.50. The molecular formula is C8H5BrClNO3. The molecule has 0 aromatic heterocycles. The third-order valence-corrected chi connectivity index (χ3v) is 2.32. The Labute approximate surface area is 93.1 Å². The van der Waals surface area contributed by atoms with Crippen LogP contribution in [0.5, 0.6) is 0 Å². The molecule has 0 radical (unpaired) electrons. The predicted octanol–water partition coefficient (Wildman–Crippen LogP) is 2.67. The second-order valence-electron chi connectivity index (χ2n) is 2.57. The van der Waals surface area contributed by atoms with Crippen molar-refractivity contribution in [1.82, 2.24) is 0 Å². The Bertz CT molecular complexity index is 394. The molecule has 1 aromatic rings. The van der Waals surface area contributed by atoms with E-state index in [0.717, 1.165) is 0 Å². The minimum atomic E-state index is -0.504. The first-order valence-corrected chi connectivity index (χ1v) is 4.79. The summed E-state index contributed by atoms with van der Waals surface area (Å²) in [4.78, 5) is 20.5. The largest absolute Gasteiger partial charge is 0.283 e. The zero-order valence-corrected chi connectivity index (χ0v) is 9.21. The molecule has 0 unspecified atom stereocenters. The van der Waals surface area contributed by atoms with E-state index in [4.69, 9.17) is 11.6 Å². The van der Waals surface area contributed by atoms with E-state index in [1.807, 2.05) is 0 Å². The average molecular weight is 278 g/mol. The smallest absolute Gasteiger partial charge is 0.281 e. The molecule has 0 spiro atoms. The highest BCUT2D eigenvalue weighted by Crippen LogP contribution is 2.25. The molecule has 0 fully saturated rings. The maximum atomic E-state index is 10.6. The van der Waals surface area contributed by atoms with Crippen LogP contribution in [0.15, 0.2) is 22.7 Å². The molecule has 0 saturated heterocycles. The maximum absolute atomic E-state index is 10.6. The van der Waals surface area contributed by atoms with Gasteiger partial charge >= 0.3 is 0 Å². The highest BCUT2D eigenvalue weighted by Gasteiger charge is 2.12. The van der Waals surface area contributed by atoms with Crippen LogP contribution in [0.1, 0.15) is 5.56 Å². The van der Waals surface area contributed by atoms with Gasteiger partial charge in [0, 0.05) is 12.5 Å². The Morgan fingerprint density at radius 2 is 2.21 bits per heavy atom. The molecule has 0 amide bonds. The molecule has 0 atom stereocenters. The normalized spacial score (nSPS) is 9.86. The van der Waals surface area contributed by atoms with E-state index < -0.39 is 10.2 Å². The van der Waals surface area contributed by atoms with E-state index in [1.165, 1.54) is 18.2 Å². The summed E-state index contributed by atoms with van der Waals surface area (Å²) >= 11 is 8.22. The lowest BCUT2D eigenvalue weighted by Gasteiger charge is -1.98. The molecule has 0 heterocycles. The Kier molecular flexibility index (Phi) is 3.60. The number of carbonyl (C=O) groups is 1. The van der Waals surface area contributed by atoms with Crippen molar-refractivity contribution in [2.24, 2.45) is 0 Å². The highest BCUT2D eigenvalue weighted by atomic mass is 79.9. The summed E-state index contributed by atoms with van der Waals surface area (Å²) in [6.07, 6.45) is 0.0676. The number of halogens is 2. The third-order valence-electron chi connectivity index (χ3n) is 1.55. The van der Waals surface area contributed by atoms with Gasteiger partial charge in [0.2, 0.25) is 5.24 Å². The Morgan fingerprint density at radius 3 is 2.64 bits per heavy atom. The van der Waals surface area contributed by atoms with Crippen molar-refractivity contribution in [3.05, 3.63) is 38.3 Å². The van der Waals surface area contributed by atoms with E-state index in [9.17, 15) is 14.9 Å². The van der Waals surface area contributed by atoms with Crippen LogP contribution in [-0.4, -0.2) is 10.2 Å². The van der Waals surface area contributed by atoms with Gasteiger partial charge in [0.1, 0.15) is 0 Å². The molecule has 1 rings (SSSR count). The summed E-state index contributed by atoms with van der Waals surface area (Å²) in [7, 11) is 0. The van der Waals surface area contributed by atoms with Gasteiger partial charge in [0.15, 0.2) is 0 Å². The quantitative estimate of drug-likeness (QED) is 0.485. The monoisotopic (exact) mass is 277 g/mol. The number of nitro benzene ring substituents is 1. The molecule has 0 saturated carbocycles. The summed E-state index contributed by atoms with van der Waals surface area (Å²) in [5.41, 5.74) is 0.609. The van der Waals surface area contributed by atoms with Crippen LogP contribution < -0.4 is 0 Å².